The summed E-state index contributed by atoms with van der Waals surface area (Å²) in [4.78, 5) is 6.96. The van der Waals surface area contributed by atoms with E-state index in [4.69, 9.17) is 11.6 Å². The SMILES string of the molecule is Cc1c(N2CCCC2)cc(-c2ccccc2)n1Nc1ccnc2cc(Cl)ccc12. The highest BCUT2D eigenvalue weighted by Gasteiger charge is 2.21. The van der Waals surface area contributed by atoms with E-state index in [1.54, 1.807) is 0 Å². The minimum atomic E-state index is 0.695. The van der Waals surface area contributed by atoms with Crippen LogP contribution < -0.4 is 10.3 Å². The summed E-state index contributed by atoms with van der Waals surface area (Å²) in [7, 11) is 0. The molecule has 0 atom stereocenters. The first-order valence-corrected chi connectivity index (χ1v) is 10.4. The van der Waals surface area contributed by atoms with Crippen LogP contribution in [-0.2, 0) is 0 Å². The highest BCUT2D eigenvalue weighted by molar-refractivity contribution is 6.31. The number of nitrogens with zero attached hydrogens (tertiary/aromatic N) is 3. The number of nitrogens with one attached hydrogen (secondary N) is 1. The molecule has 146 valence electrons. The van der Waals surface area contributed by atoms with E-state index in [-0.39, 0.29) is 0 Å². The van der Waals surface area contributed by atoms with Crippen LogP contribution in [0.5, 0.6) is 0 Å². The van der Waals surface area contributed by atoms with E-state index < -0.39 is 0 Å². The van der Waals surface area contributed by atoms with Crippen molar-refractivity contribution in [1.82, 2.24) is 9.66 Å². The van der Waals surface area contributed by atoms with Crippen molar-refractivity contribution in [1.29, 1.82) is 0 Å². The molecule has 29 heavy (non-hydrogen) atoms. The monoisotopic (exact) mass is 402 g/mol. The molecule has 0 unspecified atom stereocenters. The summed E-state index contributed by atoms with van der Waals surface area (Å²) < 4.78 is 2.20. The Labute approximate surface area is 175 Å². The number of pyridine rings is 1. The number of rotatable bonds is 4. The van der Waals surface area contributed by atoms with E-state index >= 15 is 0 Å². The molecule has 5 heteroatoms. The van der Waals surface area contributed by atoms with Crippen LogP contribution in [0.15, 0.2) is 66.9 Å². The van der Waals surface area contributed by atoms with Crippen LogP contribution in [0.1, 0.15) is 18.5 Å². The molecule has 1 aliphatic rings. The number of halogens is 1. The maximum atomic E-state index is 6.17. The quantitative estimate of drug-likeness (QED) is 0.445. The third-order valence-corrected chi connectivity index (χ3v) is 5.91. The zero-order valence-electron chi connectivity index (χ0n) is 16.4. The molecular weight excluding hydrogens is 380 g/mol. The van der Waals surface area contributed by atoms with E-state index in [0.29, 0.717) is 5.02 Å². The summed E-state index contributed by atoms with van der Waals surface area (Å²) in [5.41, 5.74) is 10.4. The van der Waals surface area contributed by atoms with Gasteiger partial charge in [0.15, 0.2) is 0 Å². The normalized spacial score (nSPS) is 13.9. The van der Waals surface area contributed by atoms with Crippen molar-refractivity contribution < 1.29 is 0 Å². The van der Waals surface area contributed by atoms with E-state index in [2.05, 4.69) is 63.3 Å². The second-order valence-corrected chi connectivity index (χ2v) is 7.96. The molecule has 1 fully saturated rings. The Bertz CT molecular complexity index is 1160. The minimum Gasteiger partial charge on any atom is -0.370 e. The van der Waals surface area contributed by atoms with Gasteiger partial charge in [-0.1, -0.05) is 41.9 Å². The molecule has 0 amide bonds. The Morgan fingerprint density at radius 3 is 2.55 bits per heavy atom. The highest BCUT2D eigenvalue weighted by Crippen LogP contribution is 2.34. The van der Waals surface area contributed by atoms with Crippen LogP contribution >= 0.6 is 11.6 Å². The van der Waals surface area contributed by atoms with Gasteiger partial charge >= 0.3 is 0 Å². The minimum absolute atomic E-state index is 0.695. The molecule has 1 aliphatic heterocycles. The van der Waals surface area contributed by atoms with E-state index in [1.807, 2.05) is 30.5 Å². The lowest BCUT2D eigenvalue weighted by Gasteiger charge is -2.19. The number of aromatic nitrogens is 2. The summed E-state index contributed by atoms with van der Waals surface area (Å²) in [6.45, 7) is 4.43. The fourth-order valence-corrected chi connectivity index (χ4v) is 4.34. The van der Waals surface area contributed by atoms with Gasteiger partial charge in [0, 0.05) is 35.3 Å². The molecule has 0 bridgehead atoms. The number of fused-ring (bicyclic) bond motifs is 1. The fourth-order valence-electron chi connectivity index (χ4n) is 4.18. The molecule has 1 saturated heterocycles. The standard InChI is InChI=1S/C24H23ClN4/c1-17-23(28-13-5-6-14-28)16-24(18-7-3-2-4-8-18)29(17)27-21-11-12-26-22-15-19(25)9-10-20(21)22/h2-4,7-12,15-16H,5-6,13-14H2,1H3,(H,26,27). The molecule has 2 aromatic heterocycles. The summed E-state index contributed by atoms with van der Waals surface area (Å²) >= 11 is 6.17. The van der Waals surface area contributed by atoms with E-state index in [9.17, 15) is 0 Å². The van der Waals surface area contributed by atoms with Crippen LogP contribution in [0.25, 0.3) is 22.2 Å². The van der Waals surface area contributed by atoms with Crippen LogP contribution in [0.4, 0.5) is 11.4 Å². The summed E-state index contributed by atoms with van der Waals surface area (Å²) in [6.07, 6.45) is 4.34. The van der Waals surface area contributed by atoms with Crippen LogP contribution in [-0.4, -0.2) is 22.7 Å². The largest absolute Gasteiger partial charge is 0.370 e. The van der Waals surface area contributed by atoms with Crippen LogP contribution in [0.2, 0.25) is 5.02 Å². The van der Waals surface area contributed by atoms with E-state index in [0.717, 1.165) is 35.4 Å². The molecule has 0 spiro atoms. The Kier molecular flexibility index (Phi) is 4.64. The van der Waals surface area contributed by atoms with Gasteiger partial charge in [0.25, 0.3) is 0 Å². The number of anilines is 2. The van der Waals surface area contributed by atoms with Gasteiger partial charge in [-0.25, -0.2) is 0 Å². The van der Waals surface area contributed by atoms with Gasteiger partial charge in [-0.05, 0) is 50.1 Å². The zero-order valence-corrected chi connectivity index (χ0v) is 17.2. The molecule has 0 saturated carbocycles. The lowest BCUT2D eigenvalue weighted by Crippen LogP contribution is -2.19. The van der Waals surface area contributed by atoms with Crippen molar-refractivity contribution >= 4 is 33.9 Å². The van der Waals surface area contributed by atoms with Gasteiger partial charge < -0.3 is 4.90 Å². The van der Waals surface area contributed by atoms with Crippen molar-refractivity contribution in [2.75, 3.05) is 23.4 Å². The number of benzene rings is 2. The summed E-state index contributed by atoms with van der Waals surface area (Å²) in [5, 5.41) is 1.74. The maximum Gasteiger partial charge on any atom is 0.0738 e. The maximum absolute atomic E-state index is 6.17. The number of hydrogen-bond acceptors (Lipinski definition) is 3. The first-order valence-electron chi connectivity index (χ1n) is 10.0. The van der Waals surface area contributed by atoms with Gasteiger partial charge in [-0.3, -0.25) is 15.1 Å². The second-order valence-electron chi connectivity index (χ2n) is 7.53. The average molecular weight is 403 g/mol. The number of hydrogen-bond donors (Lipinski definition) is 1. The third-order valence-electron chi connectivity index (χ3n) is 5.67. The van der Waals surface area contributed by atoms with Gasteiger partial charge in [-0.15, -0.1) is 0 Å². The Hall–Kier alpha value is -2.98. The fraction of sp³-hybridized carbons (Fsp3) is 0.208. The van der Waals surface area contributed by atoms with Crippen LogP contribution in [0, 0.1) is 6.92 Å². The average Bonchev–Trinajstić information content (AvgIpc) is 3.37. The van der Waals surface area contributed by atoms with Gasteiger partial charge in [0.2, 0.25) is 0 Å². The predicted molar refractivity (Wildman–Crippen MR) is 122 cm³/mol. The van der Waals surface area contributed by atoms with Crippen molar-refractivity contribution in [2.45, 2.75) is 19.8 Å². The first-order chi connectivity index (χ1) is 14.2. The lowest BCUT2D eigenvalue weighted by molar-refractivity contribution is 0.905. The molecule has 5 rings (SSSR count). The van der Waals surface area contributed by atoms with Crippen molar-refractivity contribution in [3.05, 3.63) is 77.6 Å². The lowest BCUT2D eigenvalue weighted by atomic mass is 10.1. The van der Waals surface area contributed by atoms with Crippen molar-refractivity contribution in [3.63, 3.8) is 0 Å². The van der Waals surface area contributed by atoms with Gasteiger partial charge in [0.1, 0.15) is 0 Å². The zero-order chi connectivity index (χ0) is 19.8. The molecule has 0 radical (unpaired) electrons. The Morgan fingerprint density at radius 1 is 0.966 bits per heavy atom. The molecule has 4 nitrogen and oxygen atoms in total. The molecule has 1 N–H and O–H groups in total. The predicted octanol–water partition coefficient (Wildman–Crippen LogP) is 6.14. The molecule has 2 aromatic carbocycles. The third kappa shape index (κ3) is 3.34. The molecular formula is C24H23ClN4. The van der Waals surface area contributed by atoms with Gasteiger partial charge in [-0.2, -0.15) is 0 Å². The summed E-state index contributed by atoms with van der Waals surface area (Å²) in [6, 6.07) is 20.7. The summed E-state index contributed by atoms with van der Waals surface area (Å²) in [5.74, 6) is 0. The molecule has 0 aliphatic carbocycles. The Morgan fingerprint density at radius 2 is 1.76 bits per heavy atom. The van der Waals surface area contributed by atoms with Gasteiger partial charge in [0.05, 0.1) is 28.3 Å². The molecule has 3 heterocycles. The highest BCUT2D eigenvalue weighted by atomic mass is 35.5. The second kappa shape index (κ2) is 7.45. The first kappa shape index (κ1) is 18.1. The Balaban J connectivity index is 1.64. The van der Waals surface area contributed by atoms with E-state index in [1.165, 1.54) is 29.8 Å². The van der Waals surface area contributed by atoms with Crippen LogP contribution in [0.3, 0.4) is 0 Å². The topological polar surface area (TPSA) is 33.1 Å². The van der Waals surface area contributed by atoms with Crippen molar-refractivity contribution in [2.24, 2.45) is 0 Å². The smallest absolute Gasteiger partial charge is 0.0738 e. The van der Waals surface area contributed by atoms with Crippen molar-refractivity contribution in [3.8, 4) is 11.3 Å². The molecule has 4 aromatic rings.